The zero-order valence-electron chi connectivity index (χ0n) is 12.3. The van der Waals surface area contributed by atoms with Crippen molar-refractivity contribution in [3.05, 3.63) is 17.8 Å². The summed E-state index contributed by atoms with van der Waals surface area (Å²) in [5.74, 6) is 0.998. The minimum Gasteiger partial charge on any atom is -0.396 e. The topological polar surface area (TPSA) is 85.2 Å². The molecule has 1 aliphatic rings. The third-order valence-electron chi connectivity index (χ3n) is 4.43. The molecule has 0 radical (unpaired) electrons. The summed E-state index contributed by atoms with van der Waals surface area (Å²) >= 11 is 0. The molecule has 1 amide bonds. The van der Waals surface area contributed by atoms with Gasteiger partial charge < -0.3 is 16.4 Å². The van der Waals surface area contributed by atoms with Crippen LogP contribution < -0.4 is 16.4 Å². The first kappa shape index (κ1) is 14.6. The first-order chi connectivity index (χ1) is 9.52. The normalized spacial score (nSPS) is 22.5. The minimum absolute atomic E-state index is 0.267. The summed E-state index contributed by atoms with van der Waals surface area (Å²) in [7, 11) is 2.00. The molecule has 0 bridgehead atoms. The van der Waals surface area contributed by atoms with Gasteiger partial charge in [0.15, 0.2) is 5.82 Å². The Bertz CT molecular complexity index is 481. The van der Waals surface area contributed by atoms with E-state index in [9.17, 15) is 4.79 Å². The van der Waals surface area contributed by atoms with E-state index in [1.807, 2.05) is 7.05 Å². The highest BCUT2D eigenvalue weighted by molar-refractivity contribution is 5.91. The summed E-state index contributed by atoms with van der Waals surface area (Å²) in [6.07, 6.45) is 6.06. The average molecular weight is 276 g/mol. The SMILES string of the molecule is CCC1CCC(N(C)c2nc(C(N)=O)ccc2N)CC1. The molecule has 1 aromatic heterocycles. The second-order valence-electron chi connectivity index (χ2n) is 5.67. The van der Waals surface area contributed by atoms with Gasteiger partial charge in [0, 0.05) is 13.1 Å². The van der Waals surface area contributed by atoms with Crippen molar-refractivity contribution in [3.8, 4) is 0 Å². The molecule has 0 aromatic carbocycles. The summed E-state index contributed by atoms with van der Waals surface area (Å²) in [6.45, 7) is 2.25. The number of primary amides is 1. The Balaban J connectivity index is 2.14. The third kappa shape index (κ3) is 3.03. The second-order valence-corrected chi connectivity index (χ2v) is 5.67. The average Bonchev–Trinajstić information content (AvgIpc) is 2.47. The second kappa shape index (κ2) is 6.11. The van der Waals surface area contributed by atoms with Gasteiger partial charge in [0.2, 0.25) is 0 Å². The highest BCUT2D eigenvalue weighted by atomic mass is 16.1. The number of carbonyl (C=O) groups is 1. The lowest BCUT2D eigenvalue weighted by atomic mass is 9.84. The van der Waals surface area contributed by atoms with Crippen LogP contribution in [0.3, 0.4) is 0 Å². The van der Waals surface area contributed by atoms with E-state index in [1.165, 1.54) is 19.3 Å². The Morgan fingerprint density at radius 1 is 1.35 bits per heavy atom. The van der Waals surface area contributed by atoms with Crippen molar-refractivity contribution < 1.29 is 4.79 Å². The molecule has 0 aliphatic heterocycles. The highest BCUT2D eigenvalue weighted by Crippen LogP contribution is 2.32. The van der Waals surface area contributed by atoms with Gasteiger partial charge >= 0.3 is 0 Å². The van der Waals surface area contributed by atoms with Crippen molar-refractivity contribution in [2.24, 2.45) is 11.7 Å². The first-order valence-corrected chi connectivity index (χ1v) is 7.32. The van der Waals surface area contributed by atoms with E-state index in [0.29, 0.717) is 17.5 Å². The van der Waals surface area contributed by atoms with E-state index in [-0.39, 0.29) is 5.69 Å². The van der Waals surface area contributed by atoms with Gasteiger partial charge in [-0.25, -0.2) is 4.98 Å². The van der Waals surface area contributed by atoms with Crippen LogP contribution in [0.25, 0.3) is 0 Å². The third-order valence-corrected chi connectivity index (χ3v) is 4.43. The van der Waals surface area contributed by atoms with Crippen LogP contribution in [0.4, 0.5) is 11.5 Å². The van der Waals surface area contributed by atoms with E-state index < -0.39 is 5.91 Å². The van der Waals surface area contributed by atoms with Crippen molar-refractivity contribution in [1.82, 2.24) is 4.98 Å². The van der Waals surface area contributed by atoms with Gasteiger partial charge in [-0.1, -0.05) is 13.3 Å². The number of nitrogens with zero attached hydrogens (tertiary/aromatic N) is 2. The maximum absolute atomic E-state index is 11.2. The molecule has 1 heterocycles. The number of aromatic nitrogens is 1. The Kier molecular flexibility index (Phi) is 4.47. The molecule has 110 valence electrons. The fraction of sp³-hybridized carbons (Fsp3) is 0.600. The van der Waals surface area contributed by atoms with Gasteiger partial charge in [-0.2, -0.15) is 0 Å². The van der Waals surface area contributed by atoms with Crippen molar-refractivity contribution in [2.45, 2.75) is 45.1 Å². The van der Waals surface area contributed by atoms with Crippen LogP contribution in [0.1, 0.15) is 49.5 Å². The molecule has 4 N–H and O–H groups in total. The first-order valence-electron chi connectivity index (χ1n) is 7.32. The monoisotopic (exact) mass is 276 g/mol. The smallest absolute Gasteiger partial charge is 0.267 e. The van der Waals surface area contributed by atoms with E-state index in [2.05, 4.69) is 16.8 Å². The van der Waals surface area contributed by atoms with Gasteiger partial charge in [-0.15, -0.1) is 0 Å². The van der Waals surface area contributed by atoms with Gasteiger partial charge in [0.25, 0.3) is 5.91 Å². The zero-order chi connectivity index (χ0) is 14.7. The van der Waals surface area contributed by atoms with Crippen molar-refractivity contribution in [2.75, 3.05) is 17.7 Å². The molecule has 0 unspecified atom stereocenters. The molecular weight excluding hydrogens is 252 g/mol. The van der Waals surface area contributed by atoms with Crippen LogP contribution in [0.5, 0.6) is 0 Å². The zero-order valence-corrected chi connectivity index (χ0v) is 12.3. The van der Waals surface area contributed by atoms with Gasteiger partial charge in [0.05, 0.1) is 5.69 Å². The predicted molar refractivity (Wildman–Crippen MR) is 81.6 cm³/mol. The Morgan fingerprint density at radius 3 is 2.55 bits per heavy atom. The van der Waals surface area contributed by atoms with Crippen LogP contribution in [0.2, 0.25) is 0 Å². The van der Waals surface area contributed by atoms with E-state index >= 15 is 0 Å². The van der Waals surface area contributed by atoms with Crippen LogP contribution in [0, 0.1) is 5.92 Å². The summed E-state index contributed by atoms with van der Waals surface area (Å²) in [4.78, 5) is 17.7. The van der Waals surface area contributed by atoms with Crippen molar-refractivity contribution in [1.29, 1.82) is 0 Å². The van der Waals surface area contributed by atoms with Gasteiger partial charge in [0.1, 0.15) is 5.69 Å². The maximum atomic E-state index is 11.2. The maximum Gasteiger partial charge on any atom is 0.267 e. The molecule has 1 fully saturated rings. The van der Waals surface area contributed by atoms with Crippen molar-refractivity contribution >= 4 is 17.4 Å². The van der Waals surface area contributed by atoms with Crippen LogP contribution >= 0.6 is 0 Å². The molecule has 2 rings (SSSR count). The van der Waals surface area contributed by atoms with Crippen LogP contribution in [-0.4, -0.2) is 24.0 Å². The molecule has 20 heavy (non-hydrogen) atoms. The number of nitrogen functional groups attached to an aromatic ring is 1. The van der Waals surface area contributed by atoms with E-state index in [1.54, 1.807) is 12.1 Å². The number of hydrogen-bond acceptors (Lipinski definition) is 4. The Hall–Kier alpha value is -1.78. The van der Waals surface area contributed by atoms with E-state index in [0.717, 1.165) is 18.8 Å². The number of anilines is 2. The summed E-state index contributed by atoms with van der Waals surface area (Å²) in [5.41, 5.74) is 12.1. The molecule has 0 saturated heterocycles. The summed E-state index contributed by atoms with van der Waals surface area (Å²) in [6, 6.07) is 3.72. The molecule has 1 saturated carbocycles. The fourth-order valence-corrected chi connectivity index (χ4v) is 2.99. The van der Waals surface area contributed by atoms with Crippen LogP contribution in [-0.2, 0) is 0 Å². The Morgan fingerprint density at radius 2 is 2.00 bits per heavy atom. The van der Waals surface area contributed by atoms with Crippen molar-refractivity contribution in [3.63, 3.8) is 0 Å². The molecule has 1 aromatic rings. The standard InChI is InChI=1S/C15H24N4O/c1-3-10-4-6-11(7-5-10)19(2)15-12(16)8-9-13(18-15)14(17)20/h8-11H,3-7,16H2,1-2H3,(H2,17,20). The number of carbonyl (C=O) groups excluding carboxylic acids is 1. The molecule has 5 nitrogen and oxygen atoms in total. The van der Waals surface area contributed by atoms with Gasteiger partial charge in [-0.05, 0) is 43.7 Å². The predicted octanol–water partition coefficient (Wildman–Crippen LogP) is 2.17. The summed E-state index contributed by atoms with van der Waals surface area (Å²) in [5, 5.41) is 0. The molecule has 0 atom stereocenters. The molecule has 5 heteroatoms. The number of hydrogen-bond donors (Lipinski definition) is 2. The van der Waals surface area contributed by atoms with Gasteiger partial charge in [-0.3, -0.25) is 4.79 Å². The lowest BCUT2D eigenvalue weighted by Gasteiger charge is -2.35. The minimum atomic E-state index is -0.519. The quantitative estimate of drug-likeness (QED) is 0.882. The number of pyridine rings is 1. The fourth-order valence-electron chi connectivity index (χ4n) is 2.99. The van der Waals surface area contributed by atoms with E-state index in [4.69, 9.17) is 11.5 Å². The summed E-state index contributed by atoms with van der Waals surface area (Å²) < 4.78 is 0. The Labute approximate surface area is 120 Å². The molecule has 1 aliphatic carbocycles. The number of nitrogens with two attached hydrogens (primary N) is 2. The lowest BCUT2D eigenvalue weighted by Crippen LogP contribution is -2.36. The molecule has 0 spiro atoms. The molecular formula is C15H24N4O. The highest BCUT2D eigenvalue weighted by Gasteiger charge is 2.25. The van der Waals surface area contributed by atoms with Crippen LogP contribution in [0.15, 0.2) is 12.1 Å². The number of amides is 1. The largest absolute Gasteiger partial charge is 0.396 e. The number of rotatable bonds is 4. The lowest BCUT2D eigenvalue weighted by molar-refractivity contribution is 0.0995.